The molecular weight excluding hydrogens is 396 g/mol. The van der Waals surface area contributed by atoms with Crippen LogP contribution in [0.25, 0.3) is 0 Å². The number of benzene rings is 2. The highest BCUT2D eigenvalue weighted by Crippen LogP contribution is 2.45. The number of anilines is 1. The lowest BCUT2D eigenvalue weighted by molar-refractivity contribution is -0.119. The quantitative estimate of drug-likeness (QED) is 0.708. The van der Waals surface area contributed by atoms with Crippen LogP contribution in [0.5, 0.6) is 0 Å². The minimum atomic E-state index is -0.736. The number of urea groups is 1. The number of carbonyl (C=O) groups is 2. The van der Waals surface area contributed by atoms with E-state index >= 15 is 0 Å². The van der Waals surface area contributed by atoms with Crippen molar-refractivity contribution in [1.82, 2.24) is 5.32 Å². The third-order valence-electron chi connectivity index (χ3n) is 4.29. The molecule has 0 bridgehead atoms. The molecule has 1 aliphatic heterocycles. The summed E-state index contributed by atoms with van der Waals surface area (Å²) in [7, 11) is 0. The summed E-state index contributed by atoms with van der Waals surface area (Å²) in [6.07, 6.45) is 0. The Morgan fingerprint density at radius 2 is 1.79 bits per heavy atom. The lowest BCUT2D eigenvalue weighted by Gasteiger charge is -2.19. The number of rotatable bonds is 3. The van der Waals surface area contributed by atoms with Gasteiger partial charge in [-0.2, -0.15) is 5.26 Å². The molecule has 0 radical (unpaired) electrons. The standard InChI is InChI=1S/C20H17ClN4O2S/c1-11-2-8-14(9-3-11)24-20(27)25-19(26)17-16(15(10-22)18(23)28-17)12-4-6-13(21)7-5-12/h2-9,16-17H,23H2,1H3,(H2,24,25,26,27)/t16-,17-/m1/s1. The van der Waals surface area contributed by atoms with Gasteiger partial charge in [0.2, 0.25) is 5.91 Å². The third kappa shape index (κ3) is 4.30. The van der Waals surface area contributed by atoms with Gasteiger partial charge >= 0.3 is 6.03 Å². The number of thioether (sulfide) groups is 1. The van der Waals surface area contributed by atoms with E-state index in [0.717, 1.165) is 22.9 Å². The summed E-state index contributed by atoms with van der Waals surface area (Å²) in [5.74, 6) is -1.08. The molecule has 0 fully saturated rings. The zero-order valence-corrected chi connectivity index (χ0v) is 16.5. The van der Waals surface area contributed by atoms with E-state index in [1.165, 1.54) is 0 Å². The topological polar surface area (TPSA) is 108 Å². The first kappa shape index (κ1) is 19.8. The SMILES string of the molecule is Cc1ccc(NC(=O)NC(=O)[C@@H]2SC(N)=C(C#N)[C@H]2c2ccc(Cl)cc2)cc1. The molecule has 0 aliphatic carbocycles. The summed E-state index contributed by atoms with van der Waals surface area (Å²) in [6, 6.07) is 15.5. The first-order valence-electron chi connectivity index (χ1n) is 8.39. The highest BCUT2D eigenvalue weighted by Gasteiger charge is 2.41. The van der Waals surface area contributed by atoms with Crippen molar-refractivity contribution in [1.29, 1.82) is 5.26 Å². The molecule has 4 N–H and O–H groups in total. The van der Waals surface area contributed by atoms with Gasteiger partial charge in [0.1, 0.15) is 5.25 Å². The maximum Gasteiger partial charge on any atom is 0.325 e. The van der Waals surface area contributed by atoms with Gasteiger partial charge in [-0.05, 0) is 36.8 Å². The van der Waals surface area contributed by atoms with Crippen LogP contribution in [0.2, 0.25) is 5.02 Å². The maximum atomic E-state index is 12.7. The molecule has 3 amide bonds. The summed E-state index contributed by atoms with van der Waals surface area (Å²) in [5, 5.41) is 14.5. The minimum Gasteiger partial charge on any atom is -0.393 e. The van der Waals surface area contributed by atoms with Crippen LogP contribution >= 0.6 is 23.4 Å². The van der Waals surface area contributed by atoms with Crippen molar-refractivity contribution in [3.05, 3.63) is 75.3 Å². The van der Waals surface area contributed by atoms with Crippen molar-refractivity contribution in [2.45, 2.75) is 18.1 Å². The third-order valence-corrected chi connectivity index (χ3v) is 5.75. The molecule has 0 saturated carbocycles. The van der Waals surface area contributed by atoms with Gasteiger partial charge < -0.3 is 11.1 Å². The first-order chi connectivity index (χ1) is 13.4. The Morgan fingerprint density at radius 1 is 1.14 bits per heavy atom. The lowest BCUT2D eigenvalue weighted by atomic mass is 9.89. The van der Waals surface area contributed by atoms with Gasteiger partial charge in [0.25, 0.3) is 0 Å². The van der Waals surface area contributed by atoms with E-state index in [1.54, 1.807) is 36.4 Å². The number of hydrogen-bond acceptors (Lipinski definition) is 5. The summed E-state index contributed by atoms with van der Waals surface area (Å²) < 4.78 is 0. The zero-order valence-electron chi connectivity index (χ0n) is 14.9. The number of nitrogens with two attached hydrogens (primary N) is 1. The highest BCUT2D eigenvalue weighted by atomic mass is 35.5. The minimum absolute atomic E-state index is 0.279. The first-order valence-corrected chi connectivity index (χ1v) is 9.65. The van der Waals surface area contributed by atoms with Crippen molar-refractivity contribution in [3.63, 3.8) is 0 Å². The van der Waals surface area contributed by atoms with Gasteiger partial charge in [-0.1, -0.05) is 53.2 Å². The second-order valence-electron chi connectivity index (χ2n) is 6.27. The summed E-state index contributed by atoms with van der Waals surface area (Å²) in [4.78, 5) is 25.0. The molecular formula is C20H17ClN4O2S. The van der Waals surface area contributed by atoms with Gasteiger partial charge in [-0.15, -0.1) is 0 Å². The van der Waals surface area contributed by atoms with Gasteiger partial charge in [0.05, 0.1) is 16.7 Å². The van der Waals surface area contributed by atoms with Crippen molar-refractivity contribution in [3.8, 4) is 6.07 Å². The number of imide groups is 1. The number of halogens is 1. The molecule has 0 spiro atoms. The Morgan fingerprint density at radius 3 is 2.39 bits per heavy atom. The monoisotopic (exact) mass is 412 g/mol. The number of nitriles is 1. The Labute approximate surface area is 171 Å². The van der Waals surface area contributed by atoms with Crippen molar-refractivity contribution >= 4 is 41.0 Å². The molecule has 0 unspecified atom stereocenters. The van der Waals surface area contributed by atoms with Crippen LogP contribution < -0.4 is 16.4 Å². The molecule has 0 saturated heterocycles. The largest absolute Gasteiger partial charge is 0.393 e. The highest BCUT2D eigenvalue weighted by molar-refractivity contribution is 8.04. The number of nitrogens with one attached hydrogen (secondary N) is 2. The molecule has 142 valence electrons. The zero-order chi connectivity index (χ0) is 20.3. The fraction of sp³-hybridized carbons (Fsp3) is 0.150. The molecule has 1 heterocycles. The molecule has 0 aromatic heterocycles. The van der Waals surface area contributed by atoms with E-state index in [4.69, 9.17) is 17.3 Å². The molecule has 3 rings (SSSR count). The predicted octanol–water partition coefficient (Wildman–Crippen LogP) is 3.89. The van der Waals surface area contributed by atoms with E-state index in [2.05, 4.69) is 16.7 Å². The van der Waals surface area contributed by atoms with Crippen LogP contribution in [0.15, 0.2) is 59.1 Å². The number of amides is 3. The number of carbonyl (C=O) groups excluding carboxylic acids is 2. The normalized spacial score (nSPS) is 18.5. The predicted molar refractivity (Wildman–Crippen MR) is 111 cm³/mol. The van der Waals surface area contributed by atoms with Crippen molar-refractivity contribution in [2.75, 3.05) is 5.32 Å². The fourth-order valence-electron chi connectivity index (χ4n) is 2.90. The van der Waals surface area contributed by atoms with E-state index in [1.807, 2.05) is 19.1 Å². The van der Waals surface area contributed by atoms with E-state index in [9.17, 15) is 14.9 Å². The molecule has 6 nitrogen and oxygen atoms in total. The van der Waals surface area contributed by atoms with Crippen LogP contribution in [-0.2, 0) is 4.79 Å². The molecule has 1 aliphatic rings. The molecule has 2 aromatic rings. The van der Waals surface area contributed by atoms with E-state index < -0.39 is 23.1 Å². The van der Waals surface area contributed by atoms with Crippen LogP contribution in [0.3, 0.4) is 0 Å². The number of hydrogen-bond donors (Lipinski definition) is 3. The molecule has 8 heteroatoms. The van der Waals surface area contributed by atoms with Crippen LogP contribution in [0.4, 0.5) is 10.5 Å². The smallest absolute Gasteiger partial charge is 0.325 e. The second-order valence-corrected chi connectivity index (χ2v) is 7.89. The van der Waals surface area contributed by atoms with Gasteiger partial charge in [-0.3, -0.25) is 10.1 Å². The second kappa shape index (κ2) is 8.38. The summed E-state index contributed by atoms with van der Waals surface area (Å²) in [5.41, 5.74) is 8.62. The Hall–Kier alpha value is -2.95. The number of aryl methyl sites for hydroxylation is 1. The van der Waals surface area contributed by atoms with Gasteiger partial charge in [-0.25, -0.2) is 4.79 Å². The molecule has 2 atom stereocenters. The number of nitrogens with zero attached hydrogens (tertiary/aromatic N) is 1. The summed E-state index contributed by atoms with van der Waals surface area (Å²) >= 11 is 7.01. The Bertz CT molecular complexity index is 981. The van der Waals surface area contributed by atoms with Crippen LogP contribution in [-0.4, -0.2) is 17.2 Å². The van der Waals surface area contributed by atoms with Crippen molar-refractivity contribution in [2.24, 2.45) is 5.73 Å². The Balaban J connectivity index is 1.76. The molecule has 2 aromatic carbocycles. The average Bonchev–Trinajstić information content (AvgIpc) is 3.00. The van der Waals surface area contributed by atoms with Gasteiger partial charge in [0, 0.05) is 16.6 Å². The fourth-order valence-corrected chi connectivity index (χ4v) is 4.19. The van der Waals surface area contributed by atoms with Crippen LogP contribution in [0, 0.1) is 18.3 Å². The summed E-state index contributed by atoms with van der Waals surface area (Å²) in [6.45, 7) is 1.94. The van der Waals surface area contributed by atoms with Gasteiger partial charge in [0.15, 0.2) is 0 Å². The van der Waals surface area contributed by atoms with Crippen molar-refractivity contribution < 1.29 is 9.59 Å². The molecule has 28 heavy (non-hydrogen) atoms. The van der Waals surface area contributed by atoms with E-state index in [0.29, 0.717) is 16.3 Å². The average molecular weight is 413 g/mol. The van der Waals surface area contributed by atoms with E-state index in [-0.39, 0.29) is 5.03 Å². The lowest BCUT2D eigenvalue weighted by Crippen LogP contribution is -2.41. The number of allylic oxidation sites excluding steroid dienone is 1. The van der Waals surface area contributed by atoms with Crippen LogP contribution in [0.1, 0.15) is 17.0 Å². The Kier molecular flexibility index (Phi) is 5.93. The maximum absolute atomic E-state index is 12.7.